The number of aromatic nitrogens is 1. The Morgan fingerprint density at radius 1 is 1.17 bits per heavy atom. The van der Waals surface area contributed by atoms with Gasteiger partial charge in [0.25, 0.3) is 10.0 Å². The monoisotopic (exact) mass is 346 g/mol. The van der Waals surface area contributed by atoms with Crippen LogP contribution in [0.5, 0.6) is 0 Å². The highest BCUT2D eigenvalue weighted by Gasteiger charge is 2.17. The Balaban J connectivity index is 2.11. The van der Waals surface area contributed by atoms with Gasteiger partial charge in [-0.15, -0.1) is 4.40 Å². The van der Waals surface area contributed by atoms with Crippen LogP contribution in [0.25, 0.3) is 0 Å². The Bertz CT molecular complexity index is 808. The van der Waals surface area contributed by atoms with E-state index >= 15 is 0 Å². The van der Waals surface area contributed by atoms with E-state index in [0.29, 0.717) is 6.54 Å². The van der Waals surface area contributed by atoms with E-state index in [9.17, 15) is 8.42 Å². The molecule has 2 aromatic rings. The molecule has 0 saturated heterocycles. The third-order valence-corrected chi connectivity index (χ3v) is 4.72. The van der Waals surface area contributed by atoms with Crippen LogP contribution < -0.4 is 11.1 Å². The van der Waals surface area contributed by atoms with Crippen LogP contribution in [0, 0.1) is 0 Å². The Hall–Kier alpha value is -2.41. The van der Waals surface area contributed by atoms with Crippen molar-refractivity contribution in [1.29, 1.82) is 0 Å². The molecule has 1 aromatic heterocycles. The number of hydrogen-bond donors (Lipinski definition) is 2. The van der Waals surface area contributed by atoms with Crippen LogP contribution in [-0.4, -0.2) is 19.4 Å². The van der Waals surface area contributed by atoms with Gasteiger partial charge >= 0.3 is 0 Å². The molecule has 0 radical (unpaired) electrons. The standard InChI is InChI=1S/C17H22N4O2S/c1-17(2,3)13-7-9-15(10-8-13)24(22,23)21-16(18)20-12-14-6-4-5-11-19-14/h4-11H,12H2,1-3H3,(H3,18,20,21). The Labute approximate surface area is 142 Å². The Morgan fingerprint density at radius 3 is 2.38 bits per heavy atom. The lowest BCUT2D eigenvalue weighted by Gasteiger charge is -2.18. The average molecular weight is 346 g/mol. The fraction of sp³-hybridized carbons (Fsp3) is 0.294. The van der Waals surface area contributed by atoms with E-state index in [2.05, 4.69) is 35.5 Å². The van der Waals surface area contributed by atoms with E-state index < -0.39 is 10.0 Å². The second-order valence-corrected chi connectivity index (χ2v) is 8.00. The van der Waals surface area contributed by atoms with Crippen molar-refractivity contribution in [3.63, 3.8) is 0 Å². The highest BCUT2D eigenvalue weighted by Crippen LogP contribution is 2.23. The molecule has 1 heterocycles. The zero-order valence-electron chi connectivity index (χ0n) is 14.0. The molecular formula is C17H22N4O2S. The van der Waals surface area contributed by atoms with Gasteiger partial charge in [0.15, 0.2) is 0 Å². The summed E-state index contributed by atoms with van der Waals surface area (Å²) in [5.74, 6) is -0.166. The first-order valence-electron chi connectivity index (χ1n) is 7.53. The number of nitrogens with one attached hydrogen (secondary N) is 1. The summed E-state index contributed by atoms with van der Waals surface area (Å²) in [4.78, 5) is 4.22. The normalized spacial score (nSPS) is 12.9. The maximum atomic E-state index is 12.3. The topological polar surface area (TPSA) is 97.4 Å². The highest BCUT2D eigenvalue weighted by molar-refractivity contribution is 7.90. The Kier molecular flexibility index (Phi) is 5.23. The van der Waals surface area contributed by atoms with Crippen molar-refractivity contribution in [2.24, 2.45) is 10.1 Å². The van der Waals surface area contributed by atoms with E-state index in [1.165, 1.54) is 0 Å². The predicted octanol–water partition coefficient (Wildman–Crippen LogP) is 2.17. The molecule has 0 atom stereocenters. The summed E-state index contributed by atoms with van der Waals surface area (Å²) in [5.41, 5.74) is 7.42. The van der Waals surface area contributed by atoms with E-state index in [0.717, 1.165) is 11.3 Å². The van der Waals surface area contributed by atoms with Crippen LogP contribution in [0.3, 0.4) is 0 Å². The molecule has 0 aliphatic heterocycles. The minimum Gasteiger partial charge on any atom is -0.369 e. The van der Waals surface area contributed by atoms with Crippen molar-refractivity contribution in [1.82, 2.24) is 10.3 Å². The highest BCUT2D eigenvalue weighted by atomic mass is 32.2. The molecule has 3 N–H and O–H groups in total. The first kappa shape index (κ1) is 17.9. The van der Waals surface area contributed by atoms with Gasteiger partial charge in [0.1, 0.15) is 0 Å². The minimum absolute atomic E-state index is 0.0468. The van der Waals surface area contributed by atoms with Gasteiger partial charge in [-0.05, 0) is 35.2 Å². The van der Waals surface area contributed by atoms with Gasteiger partial charge in [-0.3, -0.25) is 4.98 Å². The van der Waals surface area contributed by atoms with Gasteiger partial charge in [0, 0.05) is 6.20 Å². The number of benzene rings is 1. The SMILES string of the molecule is CC(C)(C)c1ccc(S(=O)(=O)/N=C(/N)NCc2ccccn2)cc1. The lowest BCUT2D eigenvalue weighted by molar-refractivity contribution is 0.586. The molecule has 0 amide bonds. The second-order valence-electron chi connectivity index (χ2n) is 6.40. The second kappa shape index (κ2) is 7.00. The largest absolute Gasteiger partial charge is 0.369 e. The zero-order chi connectivity index (χ0) is 17.8. The molecule has 128 valence electrons. The van der Waals surface area contributed by atoms with Crippen molar-refractivity contribution in [2.45, 2.75) is 37.6 Å². The number of pyridine rings is 1. The van der Waals surface area contributed by atoms with Crippen LogP contribution in [0.1, 0.15) is 32.0 Å². The third kappa shape index (κ3) is 4.79. The van der Waals surface area contributed by atoms with E-state index in [1.807, 2.05) is 6.07 Å². The number of sulfonamides is 1. The van der Waals surface area contributed by atoms with Gasteiger partial charge in [-0.25, -0.2) is 0 Å². The van der Waals surface area contributed by atoms with Gasteiger partial charge < -0.3 is 11.1 Å². The van der Waals surface area contributed by atoms with Crippen LogP contribution >= 0.6 is 0 Å². The fourth-order valence-electron chi connectivity index (χ4n) is 2.03. The summed E-state index contributed by atoms with van der Waals surface area (Å²) in [7, 11) is -3.85. The van der Waals surface area contributed by atoms with Gasteiger partial charge in [-0.1, -0.05) is 39.0 Å². The predicted molar refractivity (Wildman–Crippen MR) is 95.0 cm³/mol. The molecule has 7 heteroatoms. The minimum atomic E-state index is -3.85. The third-order valence-electron chi connectivity index (χ3n) is 3.41. The lowest BCUT2D eigenvalue weighted by atomic mass is 9.87. The van der Waals surface area contributed by atoms with E-state index in [4.69, 9.17) is 5.73 Å². The van der Waals surface area contributed by atoms with Crippen molar-refractivity contribution in [2.75, 3.05) is 0 Å². The summed E-state index contributed by atoms with van der Waals surface area (Å²) >= 11 is 0. The van der Waals surface area contributed by atoms with Crippen molar-refractivity contribution in [3.05, 3.63) is 59.9 Å². The molecular weight excluding hydrogens is 324 g/mol. The Morgan fingerprint density at radius 2 is 1.83 bits per heavy atom. The van der Waals surface area contributed by atoms with Crippen molar-refractivity contribution in [3.8, 4) is 0 Å². The van der Waals surface area contributed by atoms with Gasteiger partial charge in [0.05, 0.1) is 17.1 Å². The molecule has 0 spiro atoms. The zero-order valence-corrected chi connectivity index (χ0v) is 14.8. The number of rotatable bonds is 4. The molecule has 1 aromatic carbocycles. The smallest absolute Gasteiger partial charge is 0.285 e. The summed E-state index contributed by atoms with van der Waals surface area (Å²) in [6, 6.07) is 12.1. The molecule has 0 saturated carbocycles. The summed E-state index contributed by atoms with van der Waals surface area (Å²) < 4.78 is 28.2. The number of nitrogens with zero attached hydrogens (tertiary/aromatic N) is 2. The first-order valence-corrected chi connectivity index (χ1v) is 8.97. The molecule has 0 aliphatic rings. The number of nitrogens with two attached hydrogens (primary N) is 1. The van der Waals surface area contributed by atoms with E-state index in [1.54, 1.807) is 42.6 Å². The summed E-state index contributed by atoms with van der Waals surface area (Å²) in [6.07, 6.45) is 1.65. The van der Waals surface area contributed by atoms with Crippen LogP contribution in [0.2, 0.25) is 0 Å². The van der Waals surface area contributed by atoms with E-state index in [-0.39, 0.29) is 16.3 Å². The molecule has 2 rings (SSSR count). The molecule has 24 heavy (non-hydrogen) atoms. The van der Waals surface area contributed by atoms with Crippen LogP contribution in [0.4, 0.5) is 0 Å². The quantitative estimate of drug-likeness (QED) is 0.653. The molecule has 0 bridgehead atoms. The van der Waals surface area contributed by atoms with Crippen LogP contribution in [-0.2, 0) is 22.0 Å². The first-order chi connectivity index (χ1) is 11.2. The fourth-order valence-corrected chi connectivity index (χ4v) is 2.93. The van der Waals surface area contributed by atoms with Crippen molar-refractivity contribution >= 4 is 16.0 Å². The summed E-state index contributed by atoms with van der Waals surface area (Å²) in [5, 5.41) is 2.75. The number of hydrogen-bond acceptors (Lipinski definition) is 3. The molecule has 0 fully saturated rings. The van der Waals surface area contributed by atoms with Gasteiger partial charge in [0.2, 0.25) is 5.96 Å². The number of guanidine groups is 1. The molecule has 0 unspecified atom stereocenters. The lowest BCUT2D eigenvalue weighted by Crippen LogP contribution is -2.32. The molecule has 0 aliphatic carbocycles. The van der Waals surface area contributed by atoms with Crippen molar-refractivity contribution < 1.29 is 8.42 Å². The average Bonchev–Trinajstić information content (AvgIpc) is 2.53. The molecule has 6 nitrogen and oxygen atoms in total. The maximum Gasteiger partial charge on any atom is 0.285 e. The summed E-state index contributed by atoms with van der Waals surface area (Å²) in [6.45, 7) is 6.49. The van der Waals surface area contributed by atoms with Gasteiger partial charge in [-0.2, -0.15) is 8.42 Å². The van der Waals surface area contributed by atoms with Crippen LogP contribution in [0.15, 0.2) is 58.0 Å². The maximum absolute atomic E-state index is 12.3.